The Morgan fingerprint density at radius 1 is 1.00 bits per heavy atom. The summed E-state index contributed by atoms with van der Waals surface area (Å²) in [7, 11) is 0. The summed E-state index contributed by atoms with van der Waals surface area (Å²) < 4.78 is 39.6. The van der Waals surface area contributed by atoms with Gasteiger partial charge in [-0.1, -0.05) is 30.3 Å². The third kappa shape index (κ3) is 4.74. The van der Waals surface area contributed by atoms with Crippen LogP contribution >= 0.6 is 11.3 Å². The number of nitrogens with one attached hydrogen (secondary N) is 2. The van der Waals surface area contributed by atoms with Crippen LogP contribution < -0.4 is 10.6 Å². The topological polar surface area (TPSA) is 71.1 Å². The number of carbonyl (C=O) groups is 2. The summed E-state index contributed by atoms with van der Waals surface area (Å²) in [6.07, 6.45) is 0.578. The fraction of sp³-hybridized carbons (Fsp3) is 0.105. The highest BCUT2D eigenvalue weighted by Gasteiger charge is 2.16. The molecular weight excluding hydrogens is 391 g/mol. The first kappa shape index (κ1) is 19.6. The van der Waals surface area contributed by atoms with Crippen LogP contribution in [-0.2, 0) is 11.2 Å². The molecule has 3 rings (SSSR count). The van der Waals surface area contributed by atoms with Gasteiger partial charge >= 0.3 is 0 Å². The van der Waals surface area contributed by atoms with Crippen molar-refractivity contribution in [3.63, 3.8) is 0 Å². The Morgan fingerprint density at radius 3 is 2.50 bits per heavy atom. The number of hydrogen-bond acceptors (Lipinski definition) is 4. The molecule has 0 saturated heterocycles. The lowest BCUT2D eigenvalue weighted by Gasteiger charge is -2.08. The molecule has 0 aliphatic rings. The molecule has 0 saturated carbocycles. The lowest BCUT2D eigenvalue weighted by molar-refractivity contribution is -0.115. The van der Waals surface area contributed by atoms with Crippen LogP contribution in [-0.4, -0.2) is 23.3 Å². The molecule has 28 heavy (non-hydrogen) atoms. The molecule has 2 N–H and O–H groups in total. The molecule has 0 radical (unpaired) electrons. The normalized spacial score (nSPS) is 10.5. The number of benzene rings is 2. The van der Waals surface area contributed by atoms with Gasteiger partial charge in [0, 0.05) is 11.8 Å². The first-order chi connectivity index (χ1) is 13.4. The van der Waals surface area contributed by atoms with Crippen molar-refractivity contribution in [2.45, 2.75) is 6.42 Å². The highest BCUT2D eigenvalue weighted by molar-refractivity contribution is 7.09. The van der Waals surface area contributed by atoms with Gasteiger partial charge in [0.1, 0.15) is 5.69 Å². The maximum Gasteiger partial charge on any atom is 0.271 e. The largest absolute Gasteiger partial charge is 0.342 e. The zero-order chi connectivity index (χ0) is 20.1. The van der Waals surface area contributed by atoms with E-state index < -0.39 is 41.5 Å². The average molecular weight is 405 g/mol. The summed E-state index contributed by atoms with van der Waals surface area (Å²) in [5, 5.41) is 6.72. The predicted molar refractivity (Wildman–Crippen MR) is 98.6 cm³/mol. The van der Waals surface area contributed by atoms with Crippen LogP contribution in [0.1, 0.15) is 21.1 Å². The minimum Gasteiger partial charge on any atom is -0.342 e. The molecule has 0 aliphatic carbocycles. The first-order valence-corrected chi connectivity index (χ1v) is 9.02. The second-order valence-corrected chi connectivity index (χ2v) is 6.69. The van der Waals surface area contributed by atoms with Gasteiger partial charge in [-0.2, -0.15) is 0 Å². The number of aromatic nitrogens is 1. The highest BCUT2D eigenvalue weighted by Crippen LogP contribution is 2.19. The van der Waals surface area contributed by atoms with E-state index in [4.69, 9.17) is 0 Å². The number of rotatable bonds is 6. The number of hydrogen-bond donors (Lipinski definition) is 2. The van der Waals surface area contributed by atoms with Gasteiger partial charge < -0.3 is 10.6 Å². The van der Waals surface area contributed by atoms with E-state index in [1.54, 1.807) is 5.38 Å². The molecule has 144 valence electrons. The van der Waals surface area contributed by atoms with Crippen LogP contribution in [0.15, 0.2) is 47.8 Å². The van der Waals surface area contributed by atoms with Gasteiger partial charge in [0.15, 0.2) is 17.5 Å². The standard InChI is InChI=1S/C19H14F3N3O2S/c20-12-6-7-13(18(22)17(12)21)24-15(26)9-23-19(27)14-10-28-16(25-14)8-11-4-2-1-3-5-11/h1-7,10H,8-9H2,(H,23,27)(H,24,26). The zero-order valence-electron chi connectivity index (χ0n) is 14.3. The summed E-state index contributed by atoms with van der Waals surface area (Å²) in [6, 6.07) is 11.2. The average Bonchev–Trinajstić information content (AvgIpc) is 3.16. The van der Waals surface area contributed by atoms with Gasteiger partial charge in [-0.3, -0.25) is 9.59 Å². The van der Waals surface area contributed by atoms with Gasteiger partial charge in [0.2, 0.25) is 5.91 Å². The second kappa shape index (κ2) is 8.66. The van der Waals surface area contributed by atoms with Gasteiger partial charge in [0.25, 0.3) is 5.91 Å². The van der Waals surface area contributed by atoms with Gasteiger partial charge in [-0.15, -0.1) is 11.3 Å². The molecule has 9 heteroatoms. The Labute approximate surface area is 162 Å². The third-order valence-electron chi connectivity index (χ3n) is 3.70. The summed E-state index contributed by atoms with van der Waals surface area (Å²) >= 11 is 1.32. The van der Waals surface area contributed by atoms with E-state index in [0.717, 1.165) is 16.6 Å². The predicted octanol–water partition coefficient (Wildman–Crippen LogP) is 3.52. The van der Waals surface area contributed by atoms with E-state index in [2.05, 4.69) is 15.6 Å². The molecule has 0 aliphatic heterocycles. The van der Waals surface area contributed by atoms with Crippen LogP contribution in [0.5, 0.6) is 0 Å². The van der Waals surface area contributed by atoms with Crippen LogP contribution in [0, 0.1) is 17.5 Å². The zero-order valence-corrected chi connectivity index (χ0v) is 15.2. The van der Waals surface area contributed by atoms with Crippen molar-refractivity contribution in [1.29, 1.82) is 0 Å². The third-order valence-corrected chi connectivity index (χ3v) is 4.55. The Kier molecular flexibility index (Phi) is 6.05. The molecule has 2 amide bonds. The van der Waals surface area contributed by atoms with Crippen molar-refractivity contribution >= 4 is 28.8 Å². The highest BCUT2D eigenvalue weighted by atomic mass is 32.1. The van der Waals surface area contributed by atoms with Crippen molar-refractivity contribution in [1.82, 2.24) is 10.3 Å². The number of amides is 2. The summed E-state index contributed by atoms with van der Waals surface area (Å²) in [6.45, 7) is -0.483. The second-order valence-electron chi connectivity index (χ2n) is 5.74. The molecular formula is C19H14F3N3O2S. The fourth-order valence-electron chi connectivity index (χ4n) is 2.33. The molecule has 0 bridgehead atoms. The summed E-state index contributed by atoms with van der Waals surface area (Å²) in [5.41, 5.74) is 0.691. The molecule has 1 heterocycles. The van der Waals surface area contributed by atoms with Crippen LogP contribution in [0.4, 0.5) is 18.9 Å². The Morgan fingerprint density at radius 2 is 1.75 bits per heavy atom. The smallest absolute Gasteiger partial charge is 0.271 e. The fourth-order valence-corrected chi connectivity index (χ4v) is 3.14. The van der Waals surface area contributed by atoms with Crippen LogP contribution in [0.25, 0.3) is 0 Å². The molecule has 5 nitrogen and oxygen atoms in total. The van der Waals surface area contributed by atoms with Gasteiger partial charge in [-0.25, -0.2) is 18.2 Å². The number of halogens is 3. The van der Waals surface area contributed by atoms with Crippen molar-refractivity contribution in [2.24, 2.45) is 0 Å². The maximum atomic E-state index is 13.5. The van der Waals surface area contributed by atoms with E-state index in [1.165, 1.54) is 11.3 Å². The molecule has 0 spiro atoms. The Bertz CT molecular complexity index is 1010. The SMILES string of the molecule is O=C(CNC(=O)c1csc(Cc2ccccc2)n1)Nc1ccc(F)c(F)c1F. The Hall–Kier alpha value is -3.20. The van der Waals surface area contributed by atoms with Crippen molar-refractivity contribution in [3.05, 3.63) is 81.6 Å². The van der Waals surface area contributed by atoms with E-state index in [9.17, 15) is 22.8 Å². The lowest BCUT2D eigenvalue weighted by Crippen LogP contribution is -2.33. The van der Waals surface area contributed by atoms with E-state index in [0.29, 0.717) is 12.5 Å². The lowest BCUT2D eigenvalue weighted by atomic mass is 10.2. The van der Waals surface area contributed by atoms with E-state index in [1.807, 2.05) is 30.3 Å². The molecule has 0 unspecified atom stereocenters. The quantitative estimate of drug-likeness (QED) is 0.617. The number of nitrogens with zero attached hydrogens (tertiary/aromatic N) is 1. The minimum atomic E-state index is -1.68. The summed E-state index contributed by atoms with van der Waals surface area (Å²) in [4.78, 5) is 28.1. The summed E-state index contributed by atoms with van der Waals surface area (Å²) in [5.74, 6) is -5.92. The van der Waals surface area contributed by atoms with Crippen molar-refractivity contribution in [3.8, 4) is 0 Å². The number of anilines is 1. The van der Waals surface area contributed by atoms with Crippen LogP contribution in [0.2, 0.25) is 0 Å². The first-order valence-electron chi connectivity index (χ1n) is 8.14. The van der Waals surface area contributed by atoms with Crippen molar-refractivity contribution in [2.75, 3.05) is 11.9 Å². The van der Waals surface area contributed by atoms with E-state index in [-0.39, 0.29) is 5.69 Å². The molecule has 0 fully saturated rings. The number of carbonyl (C=O) groups excluding carboxylic acids is 2. The maximum absolute atomic E-state index is 13.5. The van der Waals surface area contributed by atoms with E-state index >= 15 is 0 Å². The van der Waals surface area contributed by atoms with Gasteiger partial charge in [-0.05, 0) is 17.7 Å². The van der Waals surface area contributed by atoms with Crippen molar-refractivity contribution < 1.29 is 22.8 Å². The van der Waals surface area contributed by atoms with Gasteiger partial charge in [0.05, 0.1) is 17.2 Å². The Balaban J connectivity index is 1.54. The molecule has 0 atom stereocenters. The monoisotopic (exact) mass is 405 g/mol. The molecule has 1 aromatic heterocycles. The number of thiazole rings is 1. The minimum absolute atomic E-state index is 0.155. The van der Waals surface area contributed by atoms with Crippen LogP contribution in [0.3, 0.4) is 0 Å². The molecule has 3 aromatic rings. The molecule has 2 aromatic carbocycles.